The van der Waals surface area contributed by atoms with Crippen molar-refractivity contribution in [1.29, 1.82) is 0 Å². The number of aromatic nitrogens is 1. The van der Waals surface area contributed by atoms with E-state index in [-0.39, 0.29) is 17.2 Å². The Bertz CT molecular complexity index is 924. The number of hydrogen-bond donors (Lipinski definition) is 5. The lowest BCUT2D eigenvalue weighted by atomic mass is 10.0. The van der Waals surface area contributed by atoms with Gasteiger partial charge in [0.05, 0.1) is 11.6 Å². The molecule has 1 aromatic heterocycles. The second-order valence-corrected chi connectivity index (χ2v) is 8.57. The van der Waals surface area contributed by atoms with Crippen molar-refractivity contribution < 1.29 is 15.0 Å². The lowest BCUT2D eigenvalue weighted by molar-refractivity contribution is -0.121. The molecule has 0 radical (unpaired) electrons. The van der Waals surface area contributed by atoms with Crippen LogP contribution in [0.3, 0.4) is 0 Å². The zero-order valence-electron chi connectivity index (χ0n) is 18.7. The van der Waals surface area contributed by atoms with Crippen molar-refractivity contribution >= 4 is 16.8 Å². The SMILES string of the molecule is O=C(CCN1CCCCC1)NCCCCCNCC(O)c1ccc(O)c2[nH]c(=O)ccc12. The number of nitrogens with zero attached hydrogens (tertiary/aromatic N) is 1. The smallest absolute Gasteiger partial charge is 0.248 e. The topological polar surface area (TPSA) is 118 Å². The van der Waals surface area contributed by atoms with Crippen molar-refractivity contribution in [1.82, 2.24) is 20.5 Å². The van der Waals surface area contributed by atoms with Crippen LogP contribution in [-0.4, -0.2) is 65.3 Å². The van der Waals surface area contributed by atoms with Crippen LogP contribution in [0, 0.1) is 0 Å². The molecule has 1 unspecified atom stereocenters. The van der Waals surface area contributed by atoms with Crippen molar-refractivity contribution in [2.75, 3.05) is 39.3 Å². The van der Waals surface area contributed by atoms with Gasteiger partial charge in [0.25, 0.3) is 0 Å². The summed E-state index contributed by atoms with van der Waals surface area (Å²) in [6.07, 6.45) is 6.54. The zero-order chi connectivity index (χ0) is 22.8. The summed E-state index contributed by atoms with van der Waals surface area (Å²) in [5.41, 5.74) is 0.705. The number of carbonyl (C=O) groups excluding carboxylic acids is 1. The lowest BCUT2D eigenvalue weighted by Gasteiger charge is -2.25. The van der Waals surface area contributed by atoms with E-state index < -0.39 is 6.10 Å². The van der Waals surface area contributed by atoms with E-state index in [4.69, 9.17) is 0 Å². The lowest BCUT2D eigenvalue weighted by Crippen LogP contribution is -2.34. The highest BCUT2D eigenvalue weighted by atomic mass is 16.3. The molecule has 8 heteroatoms. The Balaban J connectivity index is 1.27. The minimum absolute atomic E-state index is 0.0137. The second kappa shape index (κ2) is 12.6. The Hall–Kier alpha value is -2.42. The second-order valence-electron chi connectivity index (χ2n) is 8.57. The third-order valence-electron chi connectivity index (χ3n) is 6.06. The molecule has 1 aromatic carbocycles. The Labute approximate surface area is 189 Å². The number of H-pyrrole nitrogens is 1. The van der Waals surface area contributed by atoms with E-state index in [0.717, 1.165) is 45.4 Å². The monoisotopic (exact) mass is 444 g/mol. The number of phenols is 1. The fraction of sp³-hybridized carbons (Fsp3) is 0.583. The predicted octanol–water partition coefficient (Wildman–Crippen LogP) is 2.02. The first-order valence-electron chi connectivity index (χ1n) is 11.8. The first kappa shape index (κ1) is 24.2. The van der Waals surface area contributed by atoms with Gasteiger partial charge in [-0.3, -0.25) is 9.59 Å². The molecule has 1 amide bonds. The van der Waals surface area contributed by atoms with E-state index in [0.29, 0.717) is 36.0 Å². The van der Waals surface area contributed by atoms with Gasteiger partial charge in [-0.05, 0) is 63.0 Å². The molecule has 3 rings (SSSR count). The van der Waals surface area contributed by atoms with Crippen molar-refractivity contribution in [2.24, 2.45) is 0 Å². The van der Waals surface area contributed by atoms with Crippen LogP contribution in [-0.2, 0) is 4.79 Å². The average molecular weight is 445 g/mol. The van der Waals surface area contributed by atoms with Gasteiger partial charge in [-0.2, -0.15) is 0 Å². The molecular weight excluding hydrogens is 408 g/mol. The predicted molar refractivity (Wildman–Crippen MR) is 126 cm³/mol. The maximum atomic E-state index is 12.0. The van der Waals surface area contributed by atoms with E-state index in [1.54, 1.807) is 12.1 Å². The van der Waals surface area contributed by atoms with Crippen LogP contribution in [0.5, 0.6) is 5.75 Å². The molecule has 32 heavy (non-hydrogen) atoms. The third-order valence-corrected chi connectivity index (χ3v) is 6.06. The number of piperidine rings is 1. The van der Waals surface area contributed by atoms with Gasteiger partial charge in [-0.1, -0.05) is 18.9 Å². The standard InChI is InChI=1S/C24H36N4O4/c29-20-9-7-18(19-8-10-23(32)27-24(19)20)21(30)17-25-12-3-1-4-13-26-22(31)11-16-28-14-5-2-6-15-28/h7-10,21,25,29-30H,1-6,11-17H2,(H,26,31)(H,27,32). The molecule has 0 spiro atoms. The normalized spacial score (nSPS) is 15.7. The number of benzene rings is 1. The van der Waals surface area contributed by atoms with E-state index in [1.165, 1.54) is 31.4 Å². The number of carbonyl (C=O) groups is 1. The van der Waals surface area contributed by atoms with Crippen LogP contribution in [0.4, 0.5) is 0 Å². The molecule has 1 saturated heterocycles. The minimum atomic E-state index is -0.747. The van der Waals surface area contributed by atoms with Gasteiger partial charge < -0.3 is 30.7 Å². The van der Waals surface area contributed by atoms with Gasteiger partial charge in [-0.25, -0.2) is 0 Å². The summed E-state index contributed by atoms with van der Waals surface area (Å²) in [7, 11) is 0. The number of fused-ring (bicyclic) bond motifs is 1. The number of unbranched alkanes of at least 4 members (excludes halogenated alkanes) is 2. The van der Waals surface area contributed by atoms with E-state index in [2.05, 4.69) is 20.5 Å². The summed E-state index contributed by atoms with van der Waals surface area (Å²) < 4.78 is 0. The molecule has 0 aliphatic carbocycles. The quantitative estimate of drug-likeness (QED) is 0.320. The van der Waals surface area contributed by atoms with Crippen molar-refractivity contribution in [2.45, 2.75) is 51.0 Å². The van der Waals surface area contributed by atoms with Gasteiger partial charge in [0, 0.05) is 37.5 Å². The summed E-state index contributed by atoms with van der Waals surface area (Å²) in [4.78, 5) is 28.4. The Kier molecular flexibility index (Phi) is 9.52. The van der Waals surface area contributed by atoms with E-state index in [9.17, 15) is 19.8 Å². The van der Waals surface area contributed by atoms with Crippen LogP contribution in [0.1, 0.15) is 56.6 Å². The summed E-state index contributed by atoms with van der Waals surface area (Å²) in [6, 6.07) is 6.17. The molecule has 1 fully saturated rings. The van der Waals surface area contributed by atoms with Crippen LogP contribution in [0.25, 0.3) is 10.9 Å². The maximum absolute atomic E-state index is 12.0. The third kappa shape index (κ3) is 7.32. The first-order chi connectivity index (χ1) is 15.5. The van der Waals surface area contributed by atoms with Gasteiger partial charge >= 0.3 is 0 Å². The molecule has 1 aliphatic heterocycles. The number of pyridine rings is 1. The summed E-state index contributed by atoms with van der Waals surface area (Å²) in [5, 5.41) is 27.4. The van der Waals surface area contributed by atoms with Gasteiger partial charge in [0.2, 0.25) is 11.5 Å². The number of nitrogens with one attached hydrogen (secondary N) is 3. The zero-order valence-corrected chi connectivity index (χ0v) is 18.7. The molecule has 0 saturated carbocycles. The van der Waals surface area contributed by atoms with E-state index in [1.807, 2.05) is 0 Å². The summed E-state index contributed by atoms with van der Waals surface area (Å²) in [5.74, 6) is 0.125. The molecule has 1 aliphatic rings. The maximum Gasteiger partial charge on any atom is 0.248 e. The van der Waals surface area contributed by atoms with Crippen molar-refractivity contribution in [3.63, 3.8) is 0 Å². The largest absolute Gasteiger partial charge is 0.506 e. The fourth-order valence-corrected chi connectivity index (χ4v) is 4.21. The number of likely N-dealkylation sites (tertiary alicyclic amines) is 1. The van der Waals surface area contributed by atoms with Crippen LogP contribution in [0.2, 0.25) is 0 Å². The molecule has 2 heterocycles. The van der Waals surface area contributed by atoms with Gasteiger partial charge in [-0.15, -0.1) is 0 Å². The molecular formula is C24H36N4O4. The molecule has 1 atom stereocenters. The van der Waals surface area contributed by atoms with Gasteiger partial charge in [0.1, 0.15) is 5.75 Å². The number of aromatic amines is 1. The Morgan fingerprint density at radius 2 is 1.84 bits per heavy atom. The minimum Gasteiger partial charge on any atom is -0.506 e. The highest BCUT2D eigenvalue weighted by Gasteiger charge is 2.14. The summed E-state index contributed by atoms with van der Waals surface area (Å²) in [6.45, 7) is 4.97. The molecule has 176 valence electrons. The molecule has 0 bridgehead atoms. The number of hydrogen-bond acceptors (Lipinski definition) is 6. The van der Waals surface area contributed by atoms with Crippen LogP contribution in [0.15, 0.2) is 29.1 Å². The highest BCUT2D eigenvalue weighted by molar-refractivity contribution is 5.87. The van der Waals surface area contributed by atoms with Crippen LogP contribution < -0.4 is 16.2 Å². The number of aromatic hydroxyl groups is 1. The fourth-order valence-electron chi connectivity index (χ4n) is 4.21. The Morgan fingerprint density at radius 1 is 1.06 bits per heavy atom. The average Bonchev–Trinajstić information content (AvgIpc) is 2.80. The van der Waals surface area contributed by atoms with Gasteiger partial charge in [0.15, 0.2) is 0 Å². The highest BCUT2D eigenvalue weighted by Crippen LogP contribution is 2.28. The summed E-state index contributed by atoms with van der Waals surface area (Å²) >= 11 is 0. The number of rotatable bonds is 12. The number of phenolic OH excluding ortho intramolecular Hbond substituents is 1. The van der Waals surface area contributed by atoms with Crippen molar-refractivity contribution in [3.8, 4) is 5.75 Å². The van der Waals surface area contributed by atoms with E-state index >= 15 is 0 Å². The van der Waals surface area contributed by atoms with Crippen molar-refractivity contribution in [3.05, 3.63) is 40.2 Å². The number of aliphatic hydroxyl groups is 1. The Morgan fingerprint density at radius 3 is 2.66 bits per heavy atom. The first-order valence-corrected chi connectivity index (χ1v) is 11.8. The molecule has 8 nitrogen and oxygen atoms in total. The number of amides is 1. The van der Waals surface area contributed by atoms with Crippen LogP contribution >= 0.6 is 0 Å². The molecule has 2 aromatic rings. The molecule has 5 N–H and O–H groups in total. The number of aliphatic hydroxyl groups excluding tert-OH is 1.